The summed E-state index contributed by atoms with van der Waals surface area (Å²) < 4.78 is 15.3. The first-order valence-corrected chi connectivity index (χ1v) is 17.2. The number of hydrogen-bond acceptors (Lipinski definition) is 7. The van der Waals surface area contributed by atoms with Crippen molar-refractivity contribution in [3.8, 4) is 28.4 Å². The molecule has 0 unspecified atom stereocenters. The number of piperidine rings is 1. The van der Waals surface area contributed by atoms with Gasteiger partial charge in [-0.3, -0.25) is 9.59 Å². The van der Waals surface area contributed by atoms with Crippen LogP contribution < -0.4 is 16.0 Å². The van der Waals surface area contributed by atoms with E-state index in [2.05, 4.69) is 27.8 Å². The van der Waals surface area contributed by atoms with Gasteiger partial charge in [0.1, 0.15) is 11.3 Å². The number of ether oxygens (including phenoxy) is 2. The number of nitrogens with two attached hydrogens (primary N) is 1. The van der Waals surface area contributed by atoms with E-state index in [9.17, 15) is 14.4 Å². The molecular weight excluding hydrogens is 632 g/mol. The molecule has 1 aliphatic heterocycles. The number of aromatic amines is 1. The SMILES string of the molecule is COC(=O)c1cc(=O)[nH]c2c(-c3cccc4cc(-c5nc6cc(C(=O)N7C[C@H]8CC[C@@H]7[C@@H]8N)cc(OC)c6n5C)n(CC5CC5)c34)cccc12. The minimum atomic E-state index is -0.561. The van der Waals surface area contributed by atoms with Crippen molar-refractivity contribution >= 4 is 44.7 Å². The lowest BCUT2D eigenvalue weighted by atomic mass is 9.98. The summed E-state index contributed by atoms with van der Waals surface area (Å²) in [5.41, 5.74) is 12.6. The number of carbonyl (C=O) groups is 2. The van der Waals surface area contributed by atoms with Gasteiger partial charge in [0.05, 0.1) is 42.0 Å². The molecule has 9 rings (SSSR count). The average Bonchev–Trinajstić information content (AvgIpc) is 3.51. The summed E-state index contributed by atoms with van der Waals surface area (Å²) in [6, 6.07) is 19.1. The largest absolute Gasteiger partial charge is 0.494 e. The predicted octanol–water partition coefficient (Wildman–Crippen LogP) is 5.47. The quantitative estimate of drug-likeness (QED) is 0.215. The number of hydrogen-bond donors (Lipinski definition) is 2. The zero-order valence-corrected chi connectivity index (χ0v) is 28.2. The molecular formula is C39H38N6O5. The Hall–Kier alpha value is -5.42. The van der Waals surface area contributed by atoms with Crippen molar-refractivity contribution in [3.05, 3.63) is 82.1 Å². The molecule has 3 aliphatic rings. The maximum atomic E-state index is 13.8. The summed E-state index contributed by atoms with van der Waals surface area (Å²) in [7, 11) is 4.92. The van der Waals surface area contributed by atoms with Crippen molar-refractivity contribution in [3.63, 3.8) is 0 Å². The topological polar surface area (TPSA) is 137 Å². The van der Waals surface area contributed by atoms with Gasteiger partial charge in [-0.25, -0.2) is 9.78 Å². The molecule has 0 spiro atoms. The van der Waals surface area contributed by atoms with Crippen LogP contribution in [0.1, 0.15) is 46.4 Å². The molecule has 1 amide bonds. The second-order valence-electron chi connectivity index (χ2n) is 14.1. The van der Waals surface area contributed by atoms with Gasteiger partial charge in [-0.05, 0) is 55.7 Å². The summed E-state index contributed by atoms with van der Waals surface area (Å²) in [5, 5.41) is 1.64. The number of benzene rings is 3. The molecule has 6 aromatic rings. The molecule has 11 nitrogen and oxygen atoms in total. The molecule has 50 heavy (non-hydrogen) atoms. The lowest BCUT2D eigenvalue weighted by Crippen LogP contribution is -2.41. The molecule has 2 saturated carbocycles. The maximum Gasteiger partial charge on any atom is 0.338 e. The highest BCUT2D eigenvalue weighted by atomic mass is 16.5. The fourth-order valence-electron chi connectivity index (χ4n) is 8.53. The number of methoxy groups -OCH3 is 2. The van der Waals surface area contributed by atoms with Crippen LogP contribution in [0.5, 0.6) is 5.75 Å². The number of imidazole rings is 1. The third-order valence-corrected chi connectivity index (χ3v) is 11.2. The second-order valence-corrected chi connectivity index (χ2v) is 14.1. The summed E-state index contributed by atoms with van der Waals surface area (Å²) in [6.45, 7) is 1.49. The third-order valence-electron chi connectivity index (χ3n) is 11.2. The summed E-state index contributed by atoms with van der Waals surface area (Å²) in [5.74, 6) is 1.65. The highest BCUT2D eigenvalue weighted by Gasteiger charge is 2.47. The number of rotatable bonds is 7. The van der Waals surface area contributed by atoms with Gasteiger partial charge in [0.15, 0.2) is 5.82 Å². The molecule has 3 fully saturated rings. The van der Waals surface area contributed by atoms with E-state index in [0.717, 1.165) is 71.3 Å². The summed E-state index contributed by atoms with van der Waals surface area (Å²) in [6.07, 6.45) is 4.31. The Balaban J connectivity index is 1.22. The minimum Gasteiger partial charge on any atom is -0.494 e. The van der Waals surface area contributed by atoms with Crippen LogP contribution in [0.2, 0.25) is 0 Å². The Labute approximate surface area is 287 Å². The fourth-order valence-corrected chi connectivity index (χ4v) is 8.53. The molecule has 0 radical (unpaired) electrons. The number of carbonyl (C=O) groups excluding carboxylic acids is 2. The number of para-hydroxylation sites is 2. The first kappa shape index (κ1) is 30.6. The minimum absolute atomic E-state index is 0.0315. The molecule has 1 saturated heterocycles. The number of pyridine rings is 1. The van der Waals surface area contributed by atoms with E-state index >= 15 is 0 Å². The molecule has 2 bridgehead atoms. The number of fused-ring (bicyclic) bond motifs is 5. The van der Waals surface area contributed by atoms with Crippen LogP contribution in [0, 0.1) is 11.8 Å². The maximum absolute atomic E-state index is 13.8. The van der Waals surface area contributed by atoms with Gasteiger partial charge in [0, 0.05) is 65.8 Å². The van der Waals surface area contributed by atoms with E-state index in [1.165, 1.54) is 13.2 Å². The van der Waals surface area contributed by atoms with Gasteiger partial charge in [-0.15, -0.1) is 0 Å². The van der Waals surface area contributed by atoms with Gasteiger partial charge >= 0.3 is 5.97 Å². The summed E-state index contributed by atoms with van der Waals surface area (Å²) >= 11 is 0. The van der Waals surface area contributed by atoms with Crippen LogP contribution in [-0.2, 0) is 18.3 Å². The molecule has 11 heteroatoms. The lowest BCUT2D eigenvalue weighted by molar-refractivity contribution is 0.0602. The highest BCUT2D eigenvalue weighted by Crippen LogP contribution is 2.42. The van der Waals surface area contributed by atoms with Crippen molar-refractivity contribution in [1.82, 2.24) is 24.0 Å². The number of esters is 1. The molecule has 254 valence electrons. The highest BCUT2D eigenvalue weighted by molar-refractivity contribution is 6.10. The predicted molar refractivity (Wildman–Crippen MR) is 191 cm³/mol. The van der Waals surface area contributed by atoms with Crippen molar-refractivity contribution in [2.45, 2.75) is 44.3 Å². The van der Waals surface area contributed by atoms with Gasteiger partial charge in [0.25, 0.3) is 5.91 Å². The van der Waals surface area contributed by atoms with E-state index in [0.29, 0.717) is 46.1 Å². The van der Waals surface area contributed by atoms with E-state index in [-0.39, 0.29) is 29.1 Å². The van der Waals surface area contributed by atoms with E-state index in [4.69, 9.17) is 20.2 Å². The lowest BCUT2D eigenvalue weighted by Gasteiger charge is -2.27. The first-order valence-electron chi connectivity index (χ1n) is 17.2. The fraction of sp³-hybridized carbons (Fsp3) is 0.333. The van der Waals surface area contributed by atoms with Crippen LogP contribution >= 0.6 is 0 Å². The number of nitrogens with one attached hydrogen (secondary N) is 1. The average molecular weight is 671 g/mol. The van der Waals surface area contributed by atoms with E-state index < -0.39 is 5.97 Å². The van der Waals surface area contributed by atoms with Gasteiger partial charge in [0.2, 0.25) is 5.56 Å². The zero-order valence-electron chi connectivity index (χ0n) is 28.2. The Kier molecular flexibility index (Phi) is 6.93. The van der Waals surface area contributed by atoms with Crippen molar-refractivity contribution in [2.24, 2.45) is 24.6 Å². The van der Waals surface area contributed by atoms with Crippen molar-refractivity contribution < 1.29 is 19.1 Å². The molecule has 3 N–H and O–H groups in total. The molecule has 3 atom stereocenters. The normalized spacial score (nSPS) is 20.0. The Morgan fingerprint density at radius 2 is 1.78 bits per heavy atom. The van der Waals surface area contributed by atoms with E-state index in [1.807, 2.05) is 52.9 Å². The van der Waals surface area contributed by atoms with Crippen LogP contribution in [0.25, 0.3) is 55.5 Å². The molecule has 4 heterocycles. The standard InChI is InChI=1S/C39H38N6O5/c1-43-36-28(14-23(16-31(36)49-2)38(47)45-19-22-12-13-29(45)33(22)40)41-37(43)30-15-21-6-4-9-26(35(21)44(30)18-20-10-11-20)24-7-5-8-25-27(39(48)50-3)17-32(46)42-34(24)25/h4-9,14-17,20,22,29,33H,10-13,18-19,40H2,1-3H3,(H,42,46)/t22-,29-,33-/m1/s1. The zero-order chi connectivity index (χ0) is 34.4. The smallest absolute Gasteiger partial charge is 0.338 e. The van der Waals surface area contributed by atoms with Crippen molar-refractivity contribution in [2.75, 3.05) is 20.8 Å². The molecule has 2 aliphatic carbocycles. The Morgan fingerprint density at radius 3 is 2.50 bits per heavy atom. The van der Waals surface area contributed by atoms with Crippen molar-refractivity contribution in [1.29, 1.82) is 0 Å². The number of H-pyrrole nitrogens is 1. The van der Waals surface area contributed by atoms with Gasteiger partial charge < -0.3 is 34.2 Å². The number of aromatic nitrogens is 4. The number of likely N-dealkylation sites (tertiary alicyclic amines) is 1. The summed E-state index contributed by atoms with van der Waals surface area (Å²) in [4.78, 5) is 49.5. The third kappa shape index (κ3) is 4.59. The van der Waals surface area contributed by atoms with Crippen LogP contribution in [0.15, 0.2) is 65.5 Å². The van der Waals surface area contributed by atoms with E-state index in [1.54, 1.807) is 7.11 Å². The number of aryl methyl sites for hydroxylation is 1. The van der Waals surface area contributed by atoms with Gasteiger partial charge in [-0.1, -0.05) is 36.4 Å². The van der Waals surface area contributed by atoms with Crippen LogP contribution in [-0.4, -0.2) is 68.7 Å². The second kappa shape index (κ2) is 11.3. The molecule has 3 aromatic heterocycles. The van der Waals surface area contributed by atoms with Crippen LogP contribution in [0.3, 0.4) is 0 Å². The number of amides is 1. The Morgan fingerprint density at radius 1 is 0.980 bits per heavy atom. The monoisotopic (exact) mass is 670 g/mol. The van der Waals surface area contributed by atoms with Gasteiger partial charge in [-0.2, -0.15) is 0 Å². The Bertz CT molecular complexity index is 2450. The first-order chi connectivity index (χ1) is 24.2. The number of nitrogens with zero attached hydrogens (tertiary/aromatic N) is 4. The molecule has 3 aromatic carbocycles. The van der Waals surface area contributed by atoms with Crippen LogP contribution in [0.4, 0.5) is 0 Å².